The van der Waals surface area contributed by atoms with Crippen molar-refractivity contribution >= 4 is 10.0 Å². The fourth-order valence-electron chi connectivity index (χ4n) is 1.23. The molecule has 98 valence electrons. The third kappa shape index (κ3) is 7.16. The van der Waals surface area contributed by atoms with Crippen molar-refractivity contribution in [2.75, 3.05) is 46.2 Å². The van der Waals surface area contributed by atoms with Crippen molar-refractivity contribution in [1.29, 1.82) is 0 Å². The summed E-state index contributed by atoms with van der Waals surface area (Å²) in [6, 6.07) is 0. The van der Waals surface area contributed by atoms with Crippen LogP contribution in [0.25, 0.3) is 0 Å². The number of rotatable bonds is 10. The highest BCUT2D eigenvalue weighted by atomic mass is 32.2. The lowest BCUT2D eigenvalue weighted by Gasteiger charge is -2.16. The molecule has 16 heavy (non-hydrogen) atoms. The summed E-state index contributed by atoms with van der Waals surface area (Å²) in [6.45, 7) is 4.55. The zero-order chi connectivity index (χ0) is 12.4. The molecule has 1 N–H and O–H groups in total. The first-order valence-corrected chi connectivity index (χ1v) is 7.29. The third-order valence-electron chi connectivity index (χ3n) is 2.26. The minimum Gasteiger partial charge on any atom is -0.385 e. The molecule has 0 fully saturated rings. The Morgan fingerprint density at radius 2 is 2.00 bits per heavy atom. The predicted octanol–water partition coefficient (Wildman–Crippen LogP) is 0.284. The Kier molecular flexibility index (Phi) is 8.83. The van der Waals surface area contributed by atoms with Gasteiger partial charge in [-0.15, -0.1) is 0 Å². The molecule has 0 radical (unpaired) electrons. The van der Waals surface area contributed by atoms with E-state index < -0.39 is 10.0 Å². The molecule has 0 aromatic heterocycles. The Morgan fingerprint density at radius 3 is 2.56 bits per heavy atom. The van der Waals surface area contributed by atoms with Gasteiger partial charge in [-0.3, -0.25) is 0 Å². The van der Waals surface area contributed by atoms with Gasteiger partial charge in [-0.05, 0) is 19.4 Å². The fourth-order valence-corrected chi connectivity index (χ4v) is 2.35. The van der Waals surface area contributed by atoms with Crippen LogP contribution >= 0.6 is 0 Å². The van der Waals surface area contributed by atoms with E-state index in [1.807, 2.05) is 0 Å². The van der Waals surface area contributed by atoms with Crippen LogP contribution in [-0.2, 0) is 14.8 Å². The van der Waals surface area contributed by atoms with E-state index in [1.165, 1.54) is 4.31 Å². The second kappa shape index (κ2) is 8.92. The summed E-state index contributed by atoms with van der Waals surface area (Å²) in [5.41, 5.74) is 0. The first kappa shape index (κ1) is 15.8. The van der Waals surface area contributed by atoms with Gasteiger partial charge in [0, 0.05) is 33.9 Å². The van der Waals surface area contributed by atoms with Crippen molar-refractivity contribution in [3.63, 3.8) is 0 Å². The van der Waals surface area contributed by atoms with Crippen LogP contribution < -0.4 is 5.32 Å². The molecule has 0 heterocycles. The van der Waals surface area contributed by atoms with Crippen LogP contribution in [0.3, 0.4) is 0 Å². The van der Waals surface area contributed by atoms with Crippen LogP contribution in [0.4, 0.5) is 0 Å². The number of hydrogen-bond acceptors (Lipinski definition) is 4. The Morgan fingerprint density at radius 1 is 1.31 bits per heavy atom. The van der Waals surface area contributed by atoms with Gasteiger partial charge in [0.1, 0.15) is 0 Å². The first-order valence-electron chi connectivity index (χ1n) is 5.68. The molecule has 0 spiro atoms. The van der Waals surface area contributed by atoms with Crippen molar-refractivity contribution in [1.82, 2.24) is 9.62 Å². The smallest absolute Gasteiger partial charge is 0.215 e. The highest BCUT2D eigenvalue weighted by Gasteiger charge is 2.16. The van der Waals surface area contributed by atoms with E-state index in [0.717, 1.165) is 19.4 Å². The van der Waals surface area contributed by atoms with Crippen molar-refractivity contribution in [2.45, 2.75) is 19.8 Å². The van der Waals surface area contributed by atoms with Crippen molar-refractivity contribution in [2.24, 2.45) is 0 Å². The number of methoxy groups -OCH3 is 1. The minimum absolute atomic E-state index is 0.163. The summed E-state index contributed by atoms with van der Waals surface area (Å²) in [6.07, 6.45) is 1.75. The highest BCUT2D eigenvalue weighted by Crippen LogP contribution is 1.99. The van der Waals surface area contributed by atoms with Gasteiger partial charge in [0.2, 0.25) is 10.0 Å². The molecule has 0 aromatic carbocycles. The molecule has 0 saturated carbocycles. The van der Waals surface area contributed by atoms with Gasteiger partial charge in [0.25, 0.3) is 0 Å². The van der Waals surface area contributed by atoms with Gasteiger partial charge in [-0.25, -0.2) is 12.7 Å². The van der Waals surface area contributed by atoms with Crippen molar-refractivity contribution < 1.29 is 13.2 Å². The highest BCUT2D eigenvalue weighted by molar-refractivity contribution is 7.89. The lowest BCUT2D eigenvalue weighted by molar-refractivity contribution is 0.189. The number of hydrogen-bond donors (Lipinski definition) is 1. The molecule has 0 saturated heterocycles. The lowest BCUT2D eigenvalue weighted by atomic mass is 10.5. The zero-order valence-electron chi connectivity index (χ0n) is 10.5. The van der Waals surface area contributed by atoms with E-state index in [2.05, 4.69) is 12.2 Å². The maximum absolute atomic E-state index is 11.7. The number of sulfonamides is 1. The van der Waals surface area contributed by atoms with Crippen LogP contribution in [0, 0.1) is 0 Å². The Hall–Kier alpha value is -0.170. The number of nitrogens with zero attached hydrogens (tertiary/aromatic N) is 1. The van der Waals surface area contributed by atoms with Crippen LogP contribution in [0.15, 0.2) is 0 Å². The Balaban J connectivity index is 3.82. The molecule has 0 aliphatic heterocycles. The largest absolute Gasteiger partial charge is 0.385 e. The molecule has 0 amide bonds. The molecule has 5 nitrogen and oxygen atoms in total. The summed E-state index contributed by atoms with van der Waals surface area (Å²) in [5.74, 6) is 0.163. The second-order valence-electron chi connectivity index (χ2n) is 3.73. The molecule has 0 aromatic rings. The zero-order valence-corrected chi connectivity index (χ0v) is 11.3. The summed E-state index contributed by atoms with van der Waals surface area (Å²) in [5, 5.41) is 3.08. The number of ether oxygens (including phenoxy) is 1. The van der Waals surface area contributed by atoms with Crippen LogP contribution in [0.5, 0.6) is 0 Å². The molecular weight excluding hydrogens is 228 g/mol. The lowest BCUT2D eigenvalue weighted by Crippen LogP contribution is -2.34. The summed E-state index contributed by atoms with van der Waals surface area (Å²) in [7, 11) is 0.124. The van der Waals surface area contributed by atoms with Crippen molar-refractivity contribution in [3.8, 4) is 0 Å². The molecule has 6 heteroatoms. The molecule has 0 unspecified atom stereocenters. The van der Waals surface area contributed by atoms with E-state index in [9.17, 15) is 8.42 Å². The normalized spacial score (nSPS) is 12.2. The standard InChI is InChI=1S/C10H24N2O3S/c1-4-6-11-7-10-16(13,14)12(2)8-5-9-15-3/h11H,4-10H2,1-3H3. The molecule has 0 rings (SSSR count). The predicted molar refractivity (Wildman–Crippen MR) is 66.1 cm³/mol. The van der Waals surface area contributed by atoms with Gasteiger partial charge in [0.15, 0.2) is 0 Å². The fraction of sp³-hybridized carbons (Fsp3) is 1.00. The monoisotopic (exact) mass is 252 g/mol. The maximum atomic E-state index is 11.7. The summed E-state index contributed by atoms with van der Waals surface area (Å²) >= 11 is 0. The minimum atomic E-state index is -3.11. The van der Waals surface area contributed by atoms with Crippen LogP contribution in [-0.4, -0.2) is 58.9 Å². The van der Waals surface area contributed by atoms with E-state index in [-0.39, 0.29) is 5.75 Å². The molecule has 0 aliphatic rings. The topological polar surface area (TPSA) is 58.6 Å². The second-order valence-corrected chi connectivity index (χ2v) is 5.93. The Bertz CT molecular complexity index is 255. The maximum Gasteiger partial charge on any atom is 0.215 e. The first-order chi connectivity index (χ1) is 7.54. The van der Waals surface area contributed by atoms with E-state index in [0.29, 0.717) is 19.7 Å². The molecule has 0 aliphatic carbocycles. The van der Waals surface area contributed by atoms with E-state index in [4.69, 9.17) is 4.74 Å². The average molecular weight is 252 g/mol. The summed E-state index contributed by atoms with van der Waals surface area (Å²) < 4.78 is 29.8. The van der Waals surface area contributed by atoms with Gasteiger partial charge in [-0.1, -0.05) is 6.92 Å². The summed E-state index contributed by atoms with van der Waals surface area (Å²) in [4.78, 5) is 0. The SMILES string of the molecule is CCCNCCS(=O)(=O)N(C)CCCOC. The van der Waals surface area contributed by atoms with Gasteiger partial charge in [-0.2, -0.15) is 0 Å². The third-order valence-corrected chi connectivity index (χ3v) is 4.11. The Labute approximate surface area is 99.2 Å². The van der Waals surface area contributed by atoms with Gasteiger partial charge < -0.3 is 10.1 Å². The van der Waals surface area contributed by atoms with Gasteiger partial charge >= 0.3 is 0 Å². The molecule has 0 bridgehead atoms. The van der Waals surface area contributed by atoms with E-state index >= 15 is 0 Å². The van der Waals surface area contributed by atoms with E-state index in [1.54, 1.807) is 14.2 Å². The quantitative estimate of drug-likeness (QED) is 0.568. The van der Waals surface area contributed by atoms with Crippen molar-refractivity contribution in [3.05, 3.63) is 0 Å². The molecular formula is C10H24N2O3S. The number of nitrogens with one attached hydrogen (secondary N) is 1. The molecule has 0 atom stereocenters. The van der Waals surface area contributed by atoms with Crippen LogP contribution in [0.2, 0.25) is 0 Å². The van der Waals surface area contributed by atoms with Crippen LogP contribution in [0.1, 0.15) is 19.8 Å². The van der Waals surface area contributed by atoms with Gasteiger partial charge in [0.05, 0.1) is 5.75 Å². The average Bonchev–Trinajstić information content (AvgIpc) is 2.24.